The number of nitriles is 1. The Morgan fingerprint density at radius 1 is 1.14 bits per heavy atom. The molecule has 1 aromatic heterocycles. The van der Waals surface area contributed by atoms with Crippen LogP contribution in [0.1, 0.15) is 27.9 Å². The average molecular weight is 505 g/mol. The maximum Gasteiger partial charge on any atom is 0.330 e. The van der Waals surface area contributed by atoms with Crippen molar-refractivity contribution in [2.75, 3.05) is 14.2 Å². The normalized spacial score (nSPS) is 11.9. The van der Waals surface area contributed by atoms with Crippen molar-refractivity contribution in [1.29, 1.82) is 5.26 Å². The maximum atomic E-state index is 15.6. The molecule has 0 saturated carbocycles. The number of hydrogen-bond acceptors (Lipinski definition) is 6. The number of nitrogens with zero attached hydrogens (tertiary/aromatic N) is 4. The van der Waals surface area contributed by atoms with Crippen LogP contribution in [0.4, 0.5) is 8.78 Å². The van der Waals surface area contributed by atoms with E-state index in [1.807, 2.05) is 0 Å². The van der Waals surface area contributed by atoms with E-state index < -0.39 is 11.8 Å². The van der Waals surface area contributed by atoms with Crippen LogP contribution in [0.25, 0.3) is 10.9 Å². The molecule has 3 N–H and O–H groups in total. The van der Waals surface area contributed by atoms with Crippen molar-refractivity contribution in [3.05, 3.63) is 88.6 Å². The minimum absolute atomic E-state index is 0.00312. The molecule has 0 atom stereocenters. The fraction of sp³-hybridized carbons (Fsp3) is 0.222. The third-order valence-corrected chi connectivity index (χ3v) is 6.09. The number of ether oxygens (including phenoxy) is 2. The lowest BCUT2D eigenvalue weighted by molar-refractivity contribution is 0.0713. The van der Waals surface area contributed by atoms with Gasteiger partial charge in [0.2, 0.25) is 0 Å². The second-order valence-electron chi connectivity index (χ2n) is 8.30. The molecule has 0 unspecified atom stereocenters. The summed E-state index contributed by atoms with van der Waals surface area (Å²) in [5.41, 5.74) is 4.68. The van der Waals surface area contributed by atoms with Crippen LogP contribution in [0.5, 0.6) is 11.5 Å². The molecule has 0 fully saturated rings. The zero-order chi connectivity index (χ0) is 26.6. The fourth-order valence-electron chi connectivity index (χ4n) is 4.10. The molecule has 0 saturated heterocycles. The zero-order valence-corrected chi connectivity index (χ0v) is 20.6. The van der Waals surface area contributed by atoms with Crippen molar-refractivity contribution in [2.45, 2.75) is 25.9 Å². The van der Waals surface area contributed by atoms with Crippen molar-refractivity contribution in [3.63, 3.8) is 0 Å². The van der Waals surface area contributed by atoms with E-state index in [1.165, 1.54) is 19.2 Å². The number of rotatable bonds is 8. The largest absolute Gasteiger partial charge is 0.497 e. The molecule has 190 valence electrons. The van der Waals surface area contributed by atoms with Gasteiger partial charge in [-0.3, -0.25) is 9.67 Å². The minimum atomic E-state index is -3.50. The lowest BCUT2D eigenvalue weighted by Crippen LogP contribution is -2.42. The van der Waals surface area contributed by atoms with Crippen LogP contribution in [0.15, 0.2) is 65.7 Å². The molecule has 0 radical (unpaired) electrons. The topological polar surface area (TPSA) is 110 Å². The van der Waals surface area contributed by atoms with Crippen molar-refractivity contribution in [2.24, 2.45) is 10.8 Å². The second kappa shape index (κ2) is 10.6. The predicted molar refractivity (Wildman–Crippen MR) is 137 cm³/mol. The number of halogens is 2. The van der Waals surface area contributed by atoms with E-state index in [1.54, 1.807) is 67.2 Å². The van der Waals surface area contributed by atoms with E-state index in [-0.39, 0.29) is 18.7 Å². The Bertz CT molecular complexity index is 1490. The van der Waals surface area contributed by atoms with Gasteiger partial charge in [0.1, 0.15) is 11.5 Å². The number of aryl methyl sites for hydroxylation is 1. The Hall–Kier alpha value is -4.49. The molecule has 37 heavy (non-hydrogen) atoms. The summed E-state index contributed by atoms with van der Waals surface area (Å²) in [7, 11) is 3.06. The number of methoxy groups -OCH3 is 2. The number of hydrazine groups is 1. The summed E-state index contributed by atoms with van der Waals surface area (Å²) in [6.45, 7) is 1.97. The molecule has 4 aromatic rings. The van der Waals surface area contributed by atoms with E-state index in [2.05, 4.69) is 21.6 Å². The summed E-state index contributed by atoms with van der Waals surface area (Å²) >= 11 is 0. The minimum Gasteiger partial charge on any atom is -0.497 e. The Morgan fingerprint density at radius 3 is 2.54 bits per heavy atom. The standard InChI is InChI=1S/C27H26F2N6O2/c1-17-22-12-9-20(27(28,29)26(33-31)32-15-18-7-10-21(36-2)11-8-18)13-24(22)35(34-17)16-23-19(14-30)5-4-6-25(23)37-3/h4-13H,15-16,31H2,1-3H3,(H,32,33). The average Bonchev–Trinajstić information content (AvgIpc) is 3.23. The van der Waals surface area contributed by atoms with Gasteiger partial charge in [-0.05, 0) is 42.8 Å². The van der Waals surface area contributed by atoms with Crippen LogP contribution in [0, 0.1) is 18.3 Å². The van der Waals surface area contributed by atoms with Crippen LogP contribution in [0.3, 0.4) is 0 Å². The molecule has 3 aromatic carbocycles. The van der Waals surface area contributed by atoms with E-state index in [4.69, 9.17) is 15.3 Å². The zero-order valence-electron chi connectivity index (χ0n) is 20.6. The Balaban J connectivity index is 1.71. The summed E-state index contributed by atoms with van der Waals surface area (Å²) in [6, 6.07) is 18.6. The summed E-state index contributed by atoms with van der Waals surface area (Å²) < 4.78 is 43.3. The SMILES string of the molecule is COc1ccc(CN=C(NN)C(F)(F)c2ccc3c(C)nn(Cc4c(C#N)cccc4OC)c3c2)cc1. The van der Waals surface area contributed by atoms with Gasteiger partial charge in [-0.15, -0.1) is 0 Å². The van der Waals surface area contributed by atoms with Gasteiger partial charge < -0.3 is 14.9 Å². The van der Waals surface area contributed by atoms with Crippen LogP contribution >= 0.6 is 0 Å². The van der Waals surface area contributed by atoms with Crippen LogP contribution < -0.4 is 20.7 Å². The molecule has 0 aliphatic heterocycles. The van der Waals surface area contributed by atoms with Gasteiger partial charge in [0, 0.05) is 16.5 Å². The van der Waals surface area contributed by atoms with Crippen molar-refractivity contribution >= 4 is 16.7 Å². The molecule has 0 amide bonds. The number of aliphatic imine (C=N–C) groups is 1. The Kier molecular flexibility index (Phi) is 7.36. The van der Waals surface area contributed by atoms with Gasteiger partial charge in [0.05, 0.1) is 50.2 Å². The number of benzene rings is 3. The highest BCUT2D eigenvalue weighted by Gasteiger charge is 2.38. The Labute approximate surface area is 212 Å². The summed E-state index contributed by atoms with van der Waals surface area (Å²) in [4.78, 5) is 4.05. The van der Waals surface area contributed by atoms with E-state index >= 15 is 8.78 Å². The van der Waals surface area contributed by atoms with E-state index in [9.17, 15) is 5.26 Å². The van der Waals surface area contributed by atoms with Crippen molar-refractivity contribution in [3.8, 4) is 17.6 Å². The molecule has 10 heteroatoms. The van der Waals surface area contributed by atoms with Gasteiger partial charge in [0.15, 0.2) is 5.84 Å². The molecule has 8 nitrogen and oxygen atoms in total. The molecular weight excluding hydrogens is 478 g/mol. The summed E-state index contributed by atoms with van der Waals surface area (Å²) in [5.74, 6) is 2.49. The van der Waals surface area contributed by atoms with Crippen molar-refractivity contribution in [1.82, 2.24) is 15.2 Å². The molecule has 0 spiro atoms. The number of alkyl halides is 2. The van der Waals surface area contributed by atoms with Gasteiger partial charge in [-0.25, -0.2) is 5.84 Å². The fourth-order valence-corrected chi connectivity index (χ4v) is 4.10. The second-order valence-corrected chi connectivity index (χ2v) is 8.30. The molecule has 0 bridgehead atoms. The quantitative estimate of drug-likeness (QED) is 0.159. The number of nitrogens with one attached hydrogen (secondary N) is 1. The Morgan fingerprint density at radius 2 is 1.89 bits per heavy atom. The highest BCUT2D eigenvalue weighted by molar-refractivity contribution is 5.91. The molecule has 0 aliphatic carbocycles. The molecule has 0 aliphatic rings. The summed E-state index contributed by atoms with van der Waals surface area (Å²) in [5, 5.41) is 14.8. The first-order valence-corrected chi connectivity index (χ1v) is 11.4. The van der Waals surface area contributed by atoms with Crippen molar-refractivity contribution < 1.29 is 18.3 Å². The molecule has 1 heterocycles. The van der Waals surface area contributed by atoms with Crippen LogP contribution in [0.2, 0.25) is 0 Å². The van der Waals surface area contributed by atoms with Gasteiger partial charge >= 0.3 is 5.92 Å². The predicted octanol–water partition coefficient (Wildman–Crippen LogP) is 4.44. The highest BCUT2D eigenvalue weighted by atomic mass is 19.3. The number of nitrogens with two attached hydrogens (primary N) is 1. The first kappa shape index (κ1) is 25.6. The highest BCUT2D eigenvalue weighted by Crippen LogP contribution is 2.33. The first-order chi connectivity index (χ1) is 17.8. The third-order valence-electron chi connectivity index (χ3n) is 6.09. The van der Waals surface area contributed by atoms with Gasteiger partial charge in [0.25, 0.3) is 0 Å². The monoisotopic (exact) mass is 504 g/mol. The van der Waals surface area contributed by atoms with Crippen LogP contribution in [-0.4, -0.2) is 29.8 Å². The maximum absolute atomic E-state index is 15.6. The lowest BCUT2D eigenvalue weighted by Gasteiger charge is -2.19. The first-order valence-electron chi connectivity index (χ1n) is 11.4. The van der Waals surface area contributed by atoms with Crippen LogP contribution in [-0.2, 0) is 19.0 Å². The molecular formula is C27H26F2N6O2. The van der Waals surface area contributed by atoms with E-state index in [0.29, 0.717) is 39.2 Å². The number of amidine groups is 1. The number of aromatic nitrogens is 2. The number of hydrogen-bond donors (Lipinski definition) is 2. The third kappa shape index (κ3) is 5.08. The van der Waals surface area contributed by atoms with Gasteiger partial charge in [-0.1, -0.05) is 30.3 Å². The van der Waals surface area contributed by atoms with E-state index in [0.717, 1.165) is 5.56 Å². The summed E-state index contributed by atoms with van der Waals surface area (Å²) in [6.07, 6.45) is 0. The number of fused-ring (bicyclic) bond motifs is 1. The lowest BCUT2D eigenvalue weighted by atomic mass is 10.0. The van der Waals surface area contributed by atoms with Gasteiger partial charge in [-0.2, -0.15) is 19.1 Å². The smallest absolute Gasteiger partial charge is 0.330 e. The molecule has 4 rings (SSSR count).